The van der Waals surface area contributed by atoms with Crippen LogP contribution in [0.15, 0.2) is 72.9 Å². The van der Waals surface area contributed by atoms with E-state index in [1.807, 2.05) is 6.08 Å². The van der Waals surface area contributed by atoms with Gasteiger partial charge in [-0.05, 0) is 64.2 Å². The summed E-state index contributed by atoms with van der Waals surface area (Å²) in [5.74, 6) is -0.178. The molecule has 0 aromatic rings. The molecule has 1 heterocycles. The third kappa shape index (κ3) is 38.9. The van der Waals surface area contributed by atoms with E-state index in [1.54, 1.807) is 6.08 Å². The molecule has 0 radical (unpaired) electrons. The van der Waals surface area contributed by atoms with Gasteiger partial charge in [-0.25, -0.2) is 0 Å². The number of allylic oxidation sites excluding steroid dienone is 11. The van der Waals surface area contributed by atoms with Crippen molar-refractivity contribution in [3.8, 4) is 0 Å². The largest absolute Gasteiger partial charge is 0.394 e. The molecule has 1 amide bonds. The lowest BCUT2D eigenvalue weighted by molar-refractivity contribution is -0.302. The van der Waals surface area contributed by atoms with Crippen molar-refractivity contribution in [2.75, 3.05) is 13.2 Å². The van der Waals surface area contributed by atoms with Crippen LogP contribution in [0.25, 0.3) is 0 Å². The Balaban J connectivity index is 2.03. The van der Waals surface area contributed by atoms with Gasteiger partial charge in [-0.15, -0.1) is 0 Å². The summed E-state index contributed by atoms with van der Waals surface area (Å²) in [5, 5.41) is 54.2. The fraction of sp³-hybridized carbons (Fsp3) is 0.783. The molecule has 0 aromatic carbocycles. The minimum absolute atomic E-state index is 0.178. The molecule has 0 aliphatic carbocycles. The van der Waals surface area contributed by atoms with Gasteiger partial charge in [0.2, 0.25) is 5.91 Å². The van der Waals surface area contributed by atoms with Crippen LogP contribution in [0.2, 0.25) is 0 Å². The van der Waals surface area contributed by atoms with Crippen molar-refractivity contribution in [2.45, 2.75) is 288 Å². The van der Waals surface area contributed by atoms with Crippen LogP contribution in [-0.4, -0.2) is 87.5 Å². The second-order valence-electron chi connectivity index (χ2n) is 19.7. The molecule has 69 heavy (non-hydrogen) atoms. The number of ether oxygens (including phenoxy) is 2. The molecule has 0 bridgehead atoms. The number of hydrogen-bond acceptors (Lipinski definition) is 8. The molecule has 0 saturated carbocycles. The summed E-state index contributed by atoms with van der Waals surface area (Å²) in [6.45, 7) is 3.63. The SMILES string of the molecule is CC/C=C\C/C=C\C/C=C\C/C=C\C/C=C\CCCCCCCCCCCCCCCCCCCCCCCC(=O)NC(COC1OC(CO)C(O)C(O)C1O)C(O)/C=C/CCCCCCCCC. The minimum Gasteiger partial charge on any atom is -0.394 e. The molecule has 400 valence electrons. The zero-order valence-corrected chi connectivity index (χ0v) is 44.3. The highest BCUT2D eigenvalue weighted by molar-refractivity contribution is 5.76. The highest BCUT2D eigenvalue weighted by Crippen LogP contribution is 2.23. The van der Waals surface area contributed by atoms with E-state index in [1.165, 1.54) is 154 Å². The molecular weight excluding hydrogens is 863 g/mol. The highest BCUT2D eigenvalue weighted by atomic mass is 16.7. The second-order valence-corrected chi connectivity index (χ2v) is 19.7. The van der Waals surface area contributed by atoms with Crippen LogP contribution in [0, 0.1) is 0 Å². The summed E-state index contributed by atoms with van der Waals surface area (Å²) in [4.78, 5) is 13.0. The van der Waals surface area contributed by atoms with Gasteiger partial charge in [0.15, 0.2) is 6.29 Å². The first-order valence-corrected chi connectivity index (χ1v) is 28.7. The van der Waals surface area contributed by atoms with E-state index in [2.05, 4.69) is 79.9 Å². The fourth-order valence-corrected chi connectivity index (χ4v) is 8.77. The zero-order valence-electron chi connectivity index (χ0n) is 44.3. The van der Waals surface area contributed by atoms with Gasteiger partial charge in [0, 0.05) is 6.42 Å². The Morgan fingerprint density at radius 1 is 0.507 bits per heavy atom. The van der Waals surface area contributed by atoms with Gasteiger partial charge < -0.3 is 40.3 Å². The van der Waals surface area contributed by atoms with E-state index >= 15 is 0 Å². The number of carbonyl (C=O) groups excluding carboxylic acids is 1. The first-order chi connectivity index (χ1) is 33.8. The van der Waals surface area contributed by atoms with E-state index < -0.39 is 49.5 Å². The van der Waals surface area contributed by atoms with Crippen molar-refractivity contribution in [3.63, 3.8) is 0 Å². The third-order valence-electron chi connectivity index (χ3n) is 13.3. The molecule has 7 unspecified atom stereocenters. The smallest absolute Gasteiger partial charge is 0.220 e. The van der Waals surface area contributed by atoms with E-state index in [0.29, 0.717) is 6.42 Å². The maximum atomic E-state index is 13.0. The lowest BCUT2D eigenvalue weighted by atomic mass is 9.99. The molecule has 1 saturated heterocycles. The van der Waals surface area contributed by atoms with Crippen molar-refractivity contribution in [1.82, 2.24) is 5.32 Å². The zero-order chi connectivity index (χ0) is 50.1. The number of unbranched alkanes of at least 4 members (excludes halogenated alkanes) is 28. The Labute approximate surface area is 423 Å². The maximum absolute atomic E-state index is 13.0. The molecule has 1 fully saturated rings. The molecule has 1 rings (SSSR count). The average Bonchev–Trinajstić information content (AvgIpc) is 3.35. The molecule has 1 aliphatic heterocycles. The van der Waals surface area contributed by atoms with Crippen LogP contribution >= 0.6 is 0 Å². The number of amides is 1. The Bertz CT molecular complexity index is 1310. The number of aliphatic hydroxyl groups is 5. The van der Waals surface area contributed by atoms with Gasteiger partial charge >= 0.3 is 0 Å². The second kappa shape index (κ2) is 49.2. The minimum atomic E-state index is -1.57. The van der Waals surface area contributed by atoms with Gasteiger partial charge in [-0.2, -0.15) is 0 Å². The Kier molecular flexibility index (Phi) is 46.1. The summed E-state index contributed by atoms with van der Waals surface area (Å²) < 4.78 is 11.2. The monoisotopic (exact) mass is 970 g/mol. The van der Waals surface area contributed by atoms with Crippen LogP contribution in [-0.2, 0) is 14.3 Å². The van der Waals surface area contributed by atoms with Crippen molar-refractivity contribution in [1.29, 1.82) is 0 Å². The van der Waals surface area contributed by atoms with Crippen LogP contribution in [0.5, 0.6) is 0 Å². The maximum Gasteiger partial charge on any atom is 0.220 e. The normalized spacial score (nSPS) is 20.0. The molecule has 9 heteroatoms. The van der Waals surface area contributed by atoms with Crippen LogP contribution in [0.1, 0.15) is 245 Å². The lowest BCUT2D eigenvalue weighted by Crippen LogP contribution is -2.60. The molecule has 6 N–H and O–H groups in total. The molecule has 9 nitrogen and oxygen atoms in total. The Morgan fingerprint density at radius 2 is 0.899 bits per heavy atom. The Hall–Kier alpha value is -2.37. The van der Waals surface area contributed by atoms with Gasteiger partial charge in [-0.1, -0.05) is 247 Å². The number of carbonyl (C=O) groups is 1. The Morgan fingerprint density at radius 3 is 1.33 bits per heavy atom. The summed E-state index contributed by atoms with van der Waals surface area (Å²) in [7, 11) is 0. The first kappa shape index (κ1) is 64.6. The van der Waals surface area contributed by atoms with Gasteiger partial charge in [0.05, 0.1) is 25.4 Å². The molecular formula is C60H107NO8. The summed E-state index contributed by atoms with van der Waals surface area (Å²) in [6.07, 6.45) is 61.5. The van der Waals surface area contributed by atoms with Crippen molar-refractivity contribution in [2.24, 2.45) is 0 Å². The van der Waals surface area contributed by atoms with E-state index in [4.69, 9.17) is 9.47 Å². The number of aliphatic hydroxyl groups excluding tert-OH is 5. The van der Waals surface area contributed by atoms with Crippen molar-refractivity contribution in [3.05, 3.63) is 72.9 Å². The summed E-state index contributed by atoms with van der Waals surface area (Å²) >= 11 is 0. The van der Waals surface area contributed by atoms with Crippen molar-refractivity contribution < 1.29 is 39.8 Å². The standard InChI is InChI=1S/C60H107NO8/c1-3-5-7-9-11-13-14-15-16-17-18-19-20-21-22-23-24-25-26-27-28-29-30-31-32-33-34-35-36-37-38-39-40-42-44-46-48-50-56(64)61-53(54(63)49-47-45-43-41-12-10-8-6-4-2)52-68-60-59(67)58(66)57(65)55(51-62)69-60/h5,7,11,13,15-16,18-19,21-22,47,49,53-55,57-60,62-63,65-67H,3-4,6,8-10,12,14,17,20,23-46,48,50-52H2,1-2H3,(H,61,64)/b7-5-,13-11-,16-15-,19-18-,22-21-,49-47+. The summed E-state index contributed by atoms with van der Waals surface area (Å²) in [5.41, 5.74) is 0. The van der Waals surface area contributed by atoms with Crippen LogP contribution < -0.4 is 5.32 Å². The number of hydrogen-bond donors (Lipinski definition) is 6. The van der Waals surface area contributed by atoms with Gasteiger partial charge in [-0.3, -0.25) is 4.79 Å². The molecule has 0 aromatic heterocycles. The summed E-state index contributed by atoms with van der Waals surface area (Å²) in [6, 6.07) is -0.803. The fourth-order valence-electron chi connectivity index (χ4n) is 8.77. The van der Waals surface area contributed by atoms with E-state index in [-0.39, 0.29) is 12.5 Å². The third-order valence-corrected chi connectivity index (χ3v) is 13.3. The first-order valence-electron chi connectivity index (χ1n) is 28.7. The number of rotatable bonds is 48. The quantitative estimate of drug-likeness (QED) is 0.0261. The predicted octanol–water partition coefficient (Wildman–Crippen LogP) is 14.1. The molecule has 1 aliphatic rings. The van der Waals surface area contributed by atoms with Crippen molar-refractivity contribution >= 4 is 5.91 Å². The van der Waals surface area contributed by atoms with Gasteiger partial charge in [0.1, 0.15) is 24.4 Å². The van der Waals surface area contributed by atoms with Gasteiger partial charge in [0.25, 0.3) is 0 Å². The van der Waals surface area contributed by atoms with Crippen LogP contribution in [0.4, 0.5) is 0 Å². The molecule has 7 atom stereocenters. The number of nitrogens with one attached hydrogen (secondary N) is 1. The van der Waals surface area contributed by atoms with E-state index in [9.17, 15) is 30.3 Å². The average molecular weight is 971 g/mol. The topological polar surface area (TPSA) is 149 Å². The molecule has 0 spiro atoms. The van der Waals surface area contributed by atoms with Crippen LogP contribution in [0.3, 0.4) is 0 Å². The highest BCUT2D eigenvalue weighted by Gasteiger charge is 2.44. The predicted molar refractivity (Wildman–Crippen MR) is 290 cm³/mol. The van der Waals surface area contributed by atoms with E-state index in [0.717, 1.165) is 70.6 Å². The lowest BCUT2D eigenvalue weighted by Gasteiger charge is -2.40.